The number of nitrogens with two attached hydrogens (primary N) is 1. The van der Waals surface area contributed by atoms with Crippen LogP contribution in [0.5, 0.6) is 0 Å². The van der Waals surface area contributed by atoms with Gasteiger partial charge in [-0.2, -0.15) is 0 Å². The summed E-state index contributed by atoms with van der Waals surface area (Å²) in [6.45, 7) is 3.18. The molecule has 5 nitrogen and oxygen atoms in total. The molecule has 2 unspecified atom stereocenters. The summed E-state index contributed by atoms with van der Waals surface area (Å²) >= 11 is 0. The van der Waals surface area contributed by atoms with Crippen LogP contribution in [-0.2, 0) is 9.59 Å². The van der Waals surface area contributed by atoms with Crippen molar-refractivity contribution in [2.24, 2.45) is 11.7 Å². The maximum atomic E-state index is 12.5. The van der Waals surface area contributed by atoms with Gasteiger partial charge in [0, 0.05) is 19.1 Å². The average Bonchev–Trinajstić information content (AvgIpc) is 2.70. The fraction of sp³-hybridized carbons (Fsp3) is 0.467. The summed E-state index contributed by atoms with van der Waals surface area (Å²) in [5.41, 5.74) is 7.11. The minimum absolute atomic E-state index is 0.0570. The second kappa shape index (κ2) is 6.52. The highest BCUT2D eigenvalue weighted by molar-refractivity contribution is 5.86. The largest absolute Gasteiger partial charge is 0.354 e. The van der Waals surface area contributed by atoms with Crippen molar-refractivity contribution >= 4 is 11.8 Å². The molecular weight excluding hydrogens is 254 g/mol. The Morgan fingerprint density at radius 2 is 2.05 bits per heavy atom. The number of carbonyl (C=O) groups excluding carboxylic acids is 2. The molecule has 1 aromatic carbocycles. The highest BCUT2D eigenvalue weighted by Gasteiger charge is 2.28. The van der Waals surface area contributed by atoms with E-state index in [4.69, 9.17) is 5.73 Å². The van der Waals surface area contributed by atoms with Crippen molar-refractivity contribution in [2.75, 3.05) is 19.6 Å². The first-order valence-electron chi connectivity index (χ1n) is 6.95. The first-order valence-corrected chi connectivity index (χ1v) is 6.95. The Bertz CT molecular complexity index is 475. The molecule has 2 atom stereocenters. The van der Waals surface area contributed by atoms with Gasteiger partial charge in [0.15, 0.2) is 0 Å². The van der Waals surface area contributed by atoms with Gasteiger partial charge < -0.3 is 16.0 Å². The second-order valence-corrected chi connectivity index (χ2v) is 5.19. The van der Waals surface area contributed by atoms with Gasteiger partial charge in [-0.15, -0.1) is 0 Å². The first-order chi connectivity index (χ1) is 9.59. The smallest absolute Gasteiger partial charge is 0.239 e. The van der Waals surface area contributed by atoms with Crippen LogP contribution >= 0.6 is 0 Å². The lowest BCUT2D eigenvalue weighted by molar-refractivity contribution is -0.138. The van der Waals surface area contributed by atoms with E-state index in [9.17, 15) is 9.59 Å². The van der Waals surface area contributed by atoms with Crippen LogP contribution in [0, 0.1) is 5.92 Å². The Kier molecular flexibility index (Phi) is 4.74. The number of rotatable bonds is 3. The molecule has 1 saturated heterocycles. The lowest BCUT2D eigenvalue weighted by Crippen LogP contribution is -2.42. The number of amides is 2. The summed E-state index contributed by atoms with van der Waals surface area (Å²) in [5.74, 6) is -0.502. The maximum absolute atomic E-state index is 12.5. The predicted molar refractivity (Wildman–Crippen MR) is 76.7 cm³/mol. The van der Waals surface area contributed by atoms with Crippen molar-refractivity contribution in [1.82, 2.24) is 10.2 Å². The van der Waals surface area contributed by atoms with Crippen molar-refractivity contribution in [3.8, 4) is 0 Å². The summed E-state index contributed by atoms with van der Waals surface area (Å²) < 4.78 is 0. The molecule has 20 heavy (non-hydrogen) atoms. The standard InChI is InChI=1S/C15H21N3O2/c1-11(14(16)12-6-3-2-4-7-12)15(20)18-9-5-8-17-13(19)10-18/h2-4,6-7,11,14H,5,8-10,16H2,1H3,(H,17,19). The molecule has 1 aromatic rings. The zero-order valence-corrected chi connectivity index (χ0v) is 11.7. The molecule has 0 aromatic heterocycles. The average molecular weight is 275 g/mol. The normalized spacial score (nSPS) is 18.9. The molecule has 1 aliphatic rings. The Balaban J connectivity index is 2.05. The monoisotopic (exact) mass is 275 g/mol. The van der Waals surface area contributed by atoms with Crippen LogP contribution in [-0.4, -0.2) is 36.3 Å². The maximum Gasteiger partial charge on any atom is 0.239 e. The Labute approximate surface area is 119 Å². The Hall–Kier alpha value is -1.88. The van der Waals surface area contributed by atoms with E-state index in [-0.39, 0.29) is 30.3 Å². The minimum atomic E-state index is -0.352. The molecule has 3 N–H and O–H groups in total. The van der Waals surface area contributed by atoms with Gasteiger partial charge in [-0.3, -0.25) is 9.59 Å². The lowest BCUT2D eigenvalue weighted by Gasteiger charge is -2.26. The third-order valence-electron chi connectivity index (χ3n) is 3.69. The molecule has 1 heterocycles. The SMILES string of the molecule is CC(C(=O)N1CCCNC(=O)C1)C(N)c1ccccc1. The van der Waals surface area contributed by atoms with E-state index < -0.39 is 0 Å². The molecule has 1 fully saturated rings. The zero-order valence-electron chi connectivity index (χ0n) is 11.7. The van der Waals surface area contributed by atoms with Crippen LogP contribution in [0.2, 0.25) is 0 Å². The number of hydrogen-bond acceptors (Lipinski definition) is 3. The second-order valence-electron chi connectivity index (χ2n) is 5.19. The van der Waals surface area contributed by atoms with Crippen LogP contribution < -0.4 is 11.1 Å². The molecule has 0 aliphatic carbocycles. The van der Waals surface area contributed by atoms with E-state index in [0.29, 0.717) is 13.1 Å². The van der Waals surface area contributed by atoms with Crippen LogP contribution in [0.4, 0.5) is 0 Å². The fourth-order valence-electron chi connectivity index (χ4n) is 2.40. The van der Waals surface area contributed by atoms with Crippen molar-refractivity contribution in [1.29, 1.82) is 0 Å². The number of hydrogen-bond donors (Lipinski definition) is 2. The van der Waals surface area contributed by atoms with Crippen LogP contribution in [0.1, 0.15) is 24.9 Å². The lowest BCUT2D eigenvalue weighted by atomic mass is 9.94. The van der Waals surface area contributed by atoms with Gasteiger partial charge in [0.25, 0.3) is 0 Å². The summed E-state index contributed by atoms with van der Waals surface area (Å²) in [5, 5.41) is 2.77. The number of carbonyl (C=O) groups is 2. The van der Waals surface area contributed by atoms with Gasteiger partial charge in [-0.25, -0.2) is 0 Å². The summed E-state index contributed by atoms with van der Waals surface area (Å²) in [6.07, 6.45) is 0.783. The number of nitrogens with one attached hydrogen (secondary N) is 1. The molecule has 0 saturated carbocycles. The third kappa shape index (κ3) is 3.36. The quantitative estimate of drug-likeness (QED) is 0.851. The van der Waals surface area contributed by atoms with E-state index >= 15 is 0 Å². The third-order valence-corrected chi connectivity index (χ3v) is 3.69. The van der Waals surface area contributed by atoms with Crippen molar-refractivity contribution in [2.45, 2.75) is 19.4 Å². The summed E-state index contributed by atoms with van der Waals surface area (Å²) in [7, 11) is 0. The predicted octanol–water partition coefficient (Wildman–Crippen LogP) is 0.671. The molecule has 5 heteroatoms. The number of nitrogens with zero attached hydrogens (tertiary/aromatic N) is 1. The van der Waals surface area contributed by atoms with Crippen LogP contribution in [0.15, 0.2) is 30.3 Å². The zero-order chi connectivity index (χ0) is 14.5. The van der Waals surface area contributed by atoms with E-state index in [1.807, 2.05) is 37.3 Å². The van der Waals surface area contributed by atoms with E-state index in [2.05, 4.69) is 5.32 Å². The van der Waals surface area contributed by atoms with Gasteiger partial charge >= 0.3 is 0 Å². The summed E-state index contributed by atoms with van der Waals surface area (Å²) in [4.78, 5) is 25.6. The van der Waals surface area contributed by atoms with Gasteiger partial charge in [-0.05, 0) is 12.0 Å². The Morgan fingerprint density at radius 1 is 1.35 bits per heavy atom. The number of benzene rings is 1. The molecule has 2 amide bonds. The molecule has 0 spiro atoms. The van der Waals surface area contributed by atoms with Crippen molar-refractivity contribution in [3.05, 3.63) is 35.9 Å². The molecule has 108 valence electrons. The van der Waals surface area contributed by atoms with Crippen molar-refractivity contribution < 1.29 is 9.59 Å². The molecule has 0 radical (unpaired) electrons. The molecule has 1 aliphatic heterocycles. The van der Waals surface area contributed by atoms with Gasteiger partial charge in [0.1, 0.15) is 0 Å². The van der Waals surface area contributed by atoms with Gasteiger partial charge in [0.05, 0.1) is 12.5 Å². The van der Waals surface area contributed by atoms with E-state index in [1.54, 1.807) is 4.90 Å². The molecule has 2 rings (SSSR count). The highest BCUT2D eigenvalue weighted by atomic mass is 16.2. The summed E-state index contributed by atoms with van der Waals surface area (Å²) in [6, 6.07) is 9.22. The topological polar surface area (TPSA) is 75.4 Å². The van der Waals surface area contributed by atoms with Gasteiger partial charge in [0.2, 0.25) is 11.8 Å². The Morgan fingerprint density at radius 3 is 2.75 bits per heavy atom. The van der Waals surface area contributed by atoms with E-state index in [0.717, 1.165) is 12.0 Å². The molecule has 0 bridgehead atoms. The van der Waals surface area contributed by atoms with Gasteiger partial charge in [-0.1, -0.05) is 37.3 Å². The van der Waals surface area contributed by atoms with Crippen LogP contribution in [0.3, 0.4) is 0 Å². The van der Waals surface area contributed by atoms with Crippen molar-refractivity contribution in [3.63, 3.8) is 0 Å². The first kappa shape index (κ1) is 14.5. The highest BCUT2D eigenvalue weighted by Crippen LogP contribution is 2.21. The fourth-order valence-corrected chi connectivity index (χ4v) is 2.40. The minimum Gasteiger partial charge on any atom is -0.354 e. The van der Waals surface area contributed by atoms with Crippen LogP contribution in [0.25, 0.3) is 0 Å². The van der Waals surface area contributed by atoms with E-state index in [1.165, 1.54) is 0 Å². The molecular formula is C15H21N3O2.